The van der Waals surface area contributed by atoms with Crippen LogP contribution in [0.1, 0.15) is 16.7 Å². The number of fused-ring (bicyclic) bond motifs is 1. The summed E-state index contributed by atoms with van der Waals surface area (Å²) < 4.78 is 31.6. The maximum absolute atomic E-state index is 13.3. The number of hydrazone groups is 1. The Bertz CT molecular complexity index is 1710. The fraction of sp³-hybridized carbons (Fsp3) is 0.0323. The minimum Gasteiger partial charge on any atom is -0.378 e. The highest BCUT2D eigenvalue weighted by Gasteiger charge is 2.39. The van der Waals surface area contributed by atoms with Gasteiger partial charge in [-0.15, -0.1) is 0 Å². The van der Waals surface area contributed by atoms with Gasteiger partial charge in [-0.3, -0.25) is 4.79 Å². The van der Waals surface area contributed by atoms with E-state index in [9.17, 15) is 18.3 Å². The molecule has 5 aromatic carbocycles. The zero-order valence-corrected chi connectivity index (χ0v) is 21.5. The van der Waals surface area contributed by atoms with Crippen molar-refractivity contribution in [3.05, 3.63) is 144 Å². The topological polar surface area (TPSA) is 105 Å². The normalized spacial score (nSPS) is 11.9. The zero-order chi connectivity index (χ0) is 27.3. The first-order valence-electron chi connectivity index (χ1n) is 12.1. The molecule has 0 bridgehead atoms. The second-order valence-electron chi connectivity index (χ2n) is 8.73. The van der Waals surface area contributed by atoms with Crippen molar-refractivity contribution in [1.82, 2.24) is 5.43 Å². The lowest BCUT2D eigenvalue weighted by Gasteiger charge is -2.27. The number of aliphatic hydroxyl groups is 1. The average Bonchev–Trinajstić information content (AvgIpc) is 2.98. The van der Waals surface area contributed by atoms with Crippen molar-refractivity contribution in [1.29, 1.82) is 0 Å². The van der Waals surface area contributed by atoms with Gasteiger partial charge in [0, 0.05) is 5.56 Å². The first-order chi connectivity index (χ1) is 18.9. The third-order valence-electron chi connectivity index (χ3n) is 6.21. The third-order valence-corrected chi connectivity index (χ3v) is 7.44. The van der Waals surface area contributed by atoms with Crippen LogP contribution in [0, 0.1) is 0 Å². The van der Waals surface area contributed by atoms with Crippen LogP contribution in [0.3, 0.4) is 0 Å². The summed E-state index contributed by atoms with van der Waals surface area (Å²) in [5, 5.41) is 17.2. The molecule has 8 heteroatoms. The quantitative estimate of drug-likeness (QED) is 0.165. The second-order valence-corrected chi connectivity index (χ2v) is 10.3. The lowest BCUT2D eigenvalue weighted by atomic mass is 9.85. The van der Waals surface area contributed by atoms with E-state index in [1.54, 1.807) is 91.0 Å². The van der Waals surface area contributed by atoms with Crippen molar-refractivity contribution in [2.45, 2.75) is 10.5 Å². The number of carbonyl (C=O) groups is 1. The fourth-order valence-corrected chi connectivity index (χ4v) is 5.17. The van der Waals surface area contributed by atoms with Crippen molar-refractivity contribution >= 4 is 33.0 Å². The predicted octanol–water partition coefficient (Wildman–Crippen LogP) is 4.99. The lowest BCUT2D eigenvalue weighted by Crippen LogP contribution is -2.43. The Kier molecular flexibility index (Phi) is 7.23. The van der Waals surface area contributed by atoms with Crippen molar-refractivity contribution in [3.8, 4) is 5.75 Å². The van der Waals surface area contributed by atoms with Crippen LogP contribution in [0.4, 0.5) is 0 Å². The molecule has 0 atom stereocenters. The Balaban J connectivity index is 1.39. The highest BCUT2D eigenvalue weighted by molar-refractivity contribution is 7.87. The van der Waals surface area contributed by atoms with Gasteiger partial charge in [0.25, 0.3) is 5.91 Å². The van der Waals surface area contributed by atoms with Crippen LogP contribution < -0.4 is 9.61 Å². The Morgan fingerprint density at radius 2 is 1.31 bits per heavy atom. The minimum atomic E-state index is -4.15. The maximum atomic E-state index is 13.3. The first kappa shape index (κ1) is 25.8. The van der Waals surface area contributed by atoms with E-state index in [2.05, 4.69) is 10.5 Å². The molecule has 0 aliphatic heterocycles. The molecular formula is C31H24N2O5S. The second kappa shape index (κ2) is 10.9. The SMILES string of the molecule is O=C(N/N=C\c1ccccc1OS(=O)(=O)c1ccc2ccccc2c1)C(O)(c1ccccc1)c1ccccc1. The molecule has 0 aliphatic carbocycles. The number of hydrogen-bond donors (Lipinski definition) is 2. The van der Waals surface area contributed by atoms with Gasteiger partial charge in [-0.05, 0) is 46.2 Å². The fourth-order valence-electron chi connectivity index (χ4n) is 4.18. The van der Waals surface area contributed by atoms with Gasteiger partial charge in [0.2, 0.25) is 0 Å². The van der Waals surface area contributed by atoms with E-state index in [1.807, 2.05) is 24.3 Å². The lowest BCUT2D eigenvalue weighted by molar-refractivity contribution is -0.136. The van der Waals surface area contributed by atoms with Gasteiger partial charge in [0.15, 0.2) is 11.4 Å². The summed E-state index contributed by atoms with van der Waals surface area (Å²) in [6, 6.07) is 35.7. The molecule has 5 aromatic rings. The van der Waals surface area contributed by atoms with Gasteiger partial charge in [-0.25, -0.2) is 5.43 Å². The molecule has 0 fully saturated rings. The van der Waals surface area contributed by atoms with Crippen LogP contribution >= 0.6 is 0 Å². The number of carbonyl (C=O) groups excluding carboxylic acids is 1. The molecule has 7 nitrogen and oxygen atoms in total. The van der Waals surface area contributed by atoms with Crippen molar-refractivity contribution < 1.29 is 22.5 Å². The summed E-state index contributed by atoms with van der Waals surface area (Å²) in [5.41, 5.74) is 1.43. The van der Waals surface area contributed by atoms with Gasteiger partial charge >= 0.3 is 10.1 Å². The van der Waals surface area contributed by atoms with E-state index < -0.39 is 21.6 Å². The van der Waals surface area contributed by atoms with Crippen LogP contribution in [0.5, 0.6) is 5.75 Å². The van der Waals surface area contributed by atoms with Crippen LogP contribution in [0.2, 0.25) is 0 Å². The third kappa shape index (κ3) is 5.43. The average molecular weight is 537 g/mol. The van der Waals surface area contributed by atoms with E-state index in [1.165, 1.54) is 18.3 Å². The van der Waals surface area contributed by atoms with E-state index in [-0.39, 0.29) is 10.6 Å². The zero-order valence-electron chi connectivity index (χ0n) is 20.6. The highest BCUT2D eigenvalue weighted by Crippen LogP contribution is 2.30. The van der Waals surface area contributed by atoms with Gasteiger partial charge in [0.05, 0.1) is 6.21 Å². The molecule has 0 unspecified atom stereocenters. The van der Waals surface area contributed by atoms with Crippen LogP contribution in [-0.4, -0.2) is 25.6 Å². The monoisotopic (exact) mass is 536 g/mol. The number of hydrogen-bond acceptors (Lipinski definition) is 6. The molecule has 194 valence electrons. The van der Waals surface area contributed by atoms with E-state index in [4.69, 9.17) is 4.18 Å². The summed E-state index contributed by atoms with van der Waals surface area (Å²) in [7, 11) is -4.15. The van der Waals surface area contributed by atoms with E-state index >= 15 is 0 Å². The first-order valence-corrected chi connectivity index (χ1v) is 13.5. The maximum Gasteiger partial charge on any atom is 0.339 e. The Morgan fingerprint density at radius 3 is 1.97 bits per heavy atom. The van der Waals surface area contributed by atoms with Crippen molar-refractivity contribution in [2.75, 3.05) is 0 Å². The van der Waals surface area contributed by atoms with E-state index in [0.717, 1.165) is 10.8 Å². The number of benzene rings is 5. The molecule has 0 aliphatic rings. The molecule has 0 heterocycles. The Hall–Kier alpha value is -4.79. The van der Waals surface area contributed by atoms with Crippen molar-refractivity contribution in [3.63, 3.8) is 0 Å². The highest BCUT2D eigenvalue weighted by atomic mass is 32.2. The molecule has 39 heavy (non-hydrogen) atoms. The largest absolute Gasteiger partial charge is 0.378 e. The number of nitrogens with one attached hydrogen (secondary N) is 1. The Labute approximate surface area is 226 Å². The molecule has 0 saturated heterocycles. The molecule has 5 rings (SSSR count). The summed E-state index contributed by atoms with van der Waals surface area (Å²) in [5.74, 6) is -0.747. The molecule has 0 spiro atoms. The number of rotatable bonds is 8. The van der Waals surface area contributed by atoms with Crippen LogP contribution in [-0.2, 0) is 20.5 Å². The summed E-state index contributed by atoms with van der Waals surface area (Å²) in [4.78, 5) is 13.3. The summed E-state index contributed by atoms with van der Waals surface area (Å²) >= 11 is 0. The smallest absolute Gasteiger partial charge is 0.339 e. The van der Waals surface area contributed by atoms with Crippen LogP contribution in [0.15, 0.2) is 137 Å². The number of nitrogens with zero attached hydrogens (tertiary/aromatic N) is 1. The standard InChI is InChI=1S/C31H24N2O5S/c34-30(31(35,26-14-3-1-4-15-26)27-16-5-2-6-17-27)33-32-22-25-13-9-10-18-29(25)38-39(36,37)28-20-19-23-11-7-8-12-24(23)21-28/h1-22,35H,(H,33,34)/b32-22-. The van der Waals surface area contributed by atoms with E-state index in [0.29, 0.717) is 16.7 Å². The molecule has 1 amide bonds. The molecule has 0 saturated carbocycles. The number of para-hydroxylation sites is 1. The molecular weight excluding hydrogens is 512 g/mol. The summed E-state index contributed by atoms with van der Waals surface area (Å²) in [6.45, 7) is 0. The summed E-state index contributed by atoms with van der Waals surface area (Å²) in [6.07, 6.45) is 1.26. The molecule has 0 aromatic heterocycles. The van der Waals surface area contributed by atoms with Crippen LogP contribution in [0.25, 0.3) is 10.8 Å². The van der Waals surface area contributed by atoms with Gasteiger partial charge in [0.1, 0.15) is 4.90 Å². The van der Waals surface area contributed by atoms with Crippen molar-refractivity contribution in [2.24, 2.45) is 5.10 Å². The minimum absolute atomic E-state index is 0.0111. The number of amides is 1. The Morgan fingerprint density at radius 1 is 0.744 bits per heavy atom. The van der Waals surface area contributed by atoms with Gasteiger partial charge < -0.3 is 9.29 Å². The van der Waals surface area contributed by atoms with Gasteiger partial charge in [-0.1, -0.05) is 103 Å². The van der Waals surface area contributed by atoms with Gasteiger partial charge in [-0.2, -0.15) is 13.5 Å². The molecule has 2 N–H and O–H groups in total. The molecule has 0 radical (unpaired) electrons. The predicted molar refractivity (Wildman–Crippen MR) is 150 cm³/mol.